The molecule has 0 radical (unpaired) electrons. The van der Waals surface area contributed by atoms with Gasteiger partial charge >= 0.3 is 0 Å². The van der Waals surface area contributed by atoms with E-state index in [1.807, 2.05) is 0 Å². The summed E-state index contributed by atoms with van der Waals surface area (Å²) in [6.07, 6.45) is 0. The second-order valence-corrected chi connectivity index (χ2v) is 6.24. The van der Waals surface area contributed by atoms with Crippen LogP contribution in [0.15, 0.2) is 24.3 Å². The van der Waals surface area contributed by atoms with Crippen LogP contribution < -0.4 is 10.6 Å². The highest BCUT2D eigenvalue weighted by Gasteiger charge is 2.45. The average Bonchev–Trinajstić information content (AvgIpc) is 2.89. The Morgan fingerprint density at radius 1 is 1.37 bits per heavy atom. The summed E-state index contributed by atoms with van der Waals surface area (Å²) in [5.74, 6) is -0.313. The van der Waals surface area contributed by atoms with E-state index in [2.05, 4.69) is 34.9 Å². The Hall–Kier alpha value is -1.44. The van der Waals surface area contributed by atoms with E-state index in [4.69, 9.17) is 4.55 Å². The summed E-state index contributed by atoms with van der Waals surface area (Å²) in [4.78, 5) is 10.6. The molecule has 19 heavy (non-hydrogen) atoms. The summed E-state index contributed by atoms with van der Waals surface area (Å²) in [5.41, 5.74) is 2.85. The molecule has 3 atom stereocenters. The fourth-order valence-corrected chi connectivity index (χ4v) is 3.05. The molecule has 104 valence electrons. The summed E-state index contributed by atoms with van der Waals surface area (Å²) < 4.78 is 30.1. The Kier molecular flexibility index (Phi) is 3.62. The van der Waals surface area contributed by atoms with E-state index in [0.717, 1.165) is 0 Å². The van der Waals surface area contributed by atoms with Crippen molar-refractivity contribution >= 4 is 16.0 Å². The van der Waals surface area contributed by atoms with E-state index in [1.165, 1.54) is 18.1 Å². The van der Waals surface area contributed by atoms with Crippen LogP contribution in [-0.4, -0.2) is 36.3 Å². The first-order chi connectivity index (χ1) is 8.79. The average molecular weight is 284 g/mol. The van der Waals surface area contributed by atoms with Gasteiger partial charge in [-0.15, -0.1) is 0 Å². The van der Waals surface area contributed by atoms with Crippen molar-refractivity contribution in [3.05, 3.63) is 24.3 Å². The van der Waals surface area contributed by atoms with Crippen molar-refractivity contribution in [3.8, 4) is 11.1 Å². The van der Waals surface area contributed by atoms with Gasteiger partial charge in [-0.3, -0.25) is 14.7 Å². The maximum atomic E-state index is 10.7. The second-order valence-electron chi connectivity index (χ2n) is 4.70. The van der Waals surface area contributed by atoms with E-state index >= 15 is 0 Å². The quantitative estimate of drug-likeness (QED) is 0.692. The molecule has 2 aliphatic carbocycles. The topological polar surface area (TPSA) is 95.5 Å². The predicted molar refractivity (Wildman–Crippen MR) is 71.0 cm³/mol. The largest absolute Gasteiger partial charge is 0.349 e. The van der Waals surface area contributed by atoms with Crippen LogP contribution >= 0.6 is 0 Å². The lowest BCUT2D eigenvalue weighted by molar-refractivity contribution is -0.120. The molecular weight excluding hydrogens is 268 g/mol. The van der Waals surface area contributed by atoms with Gasteiger partial charge in [-0.05, 0) is 24.1 Å². The van der Waals surface area contributed by atoms with Crippen molar-refractivity contribution in [3.63, 3.8) is 0 Å². The standard InChI is InChI=1S/C6H12N2O4S.C6H4/c1-3-5(8-4(2)9)6(7-3)13(10,11)12;1-2-5-4-6(5)3-1/h3,5-7H,1-2H3,(H,8,9)(H,10,11,12);1-4H. The van der Waals surface area contributed by atoms with Gasteiger partial charge < -0.3 is 5.32 Å². The van der Waals surface area contributed by atoms with Crippen LogP contribution in [0, 0.1) is 0 Å². The molecule has 3 unspecified atom stereocenters. The van der Waals surface area contributed by atoms with Crippen LogP contribution in [0.25, 0.3) is 11.1 Å². The molecule has 1 heterocycles. The third-order valence-corrected chi connectivity index (χ3v) is 4.17. The minimum Gasteiger partial charge on any atom is -0.349 e. The fraction of sp³-hybridized carbons (Fsp3) is 0.417. The first-order valence-electron chi connectivity index (χ1n) is 5.89. The normalized spacial score (nSPS) is 26.6. The number of nitrogens with one attached hydrogen (secondary N) is 2. The third kappa shape index (κ3) is 3.31. The zero-order valence-corrected chi connectivity index (χ0v) is 11.4. The highest BCUT2D eigenvalue weighted by atomic mass is 32.2. The van der Waals surface area contributed by atoms with Gasteiger partial charge in [-0.1, -0.05) is 18.2 Å². The Labute approximate surface area is 112 Å². The molecule has 1 fully saturated rings. The fourth-order valence-electron chi connectivity index (χ4n) is 1.99. The molecule has 6 nitrogen and oxygen atoms in total. The number of hydrogen-bond acceptors (Lipinski definition) is 4. The highest BCUT2D eigenvalue weighted by molar-refractivity contribution is 7.86. The number of hydrogen-bond donors (Lipinski definition) is 3. The van der Waals surface area contributed by atoms with Gasteiger partial charge in [0.05, 0.1) is 6.04 Å². The molecule has 0 aromatic rings. The van der Waals surface area contributed by atoms with Gasteiger partial charge in [0.2, 0.25) is 5.91 Å². The van der Waals surface area contributed by atoms with E-state index in [-0.39, 0.29) is 11.9 Å². The second kappa shape index (κ2) is 4.92. The molecular formula is C12H16N2O4S. The summed E-state index contributed by atoms with van der Waals surface area (Å²) in [6.45, 7) is 3.02. The van der Waals surface area contributed by atoms with Crippen LogP contribution in [-0.2, 0) is 14.9 Å². The first kappa shape index (κ1) is 14.0. The lowest BCUT2D eigenvalue weighted by Crippen LogP contribution is -2.72. The van der Waals surface area contributed by atoms with Crippen molar-refractivity contribution in [2.24, 2.45) is 0 Å². The van der Waals surface area contributed by atoms with Crippen molar-refractivity contribution in [1.82, 2.24) is 10.6 Å². The van der Waals surface area contributed by atoms with Crippen LogP contribution in [0.1, 0.15) is 13.8 Å². The molecule has 3 rings (SSSR count). The molecule has 0 bridgehead atoms. The van der Waals surface area contributed by atoms with E-state index in [1.54, 1.807) is 6.92 Å². The van der Waals surface area contributed by atoms with Gasteiger partial charge in [0.25, 0.3) is 10.1 Å². The third-order valence-electron chi connectivity index (χ3n) is 3.10. The van der Waals surface area contributed by atoms with Crippen molar-refractivity contribution in [1.29, 1.82) is 0 Å². The zero-order chi connectivity index (χ0) is 14.2. The number of benzene rings is 1. The minimum absolute atomic E-state index is 0.143. The maximum Gasteiger partial charge on any atom is 0.283 e. The molecule has 1 amide bonds. The molecule has 0 aromatic carbocycles. The Morgan fingerprint density at radius 3 is 2.21 bits per heavy atom. The van der Waals surface area contributed by atoms with Crippen LogP contribution in [0.2, 0.25) is 0 Å². The van der Waals surface area contributed by atoms with Crippen LogP contribution in [0.5, 0.6) is 0 Å². The van der Waals surface area contributed by atoms with Gasteiger partial charge in [-0.25, -0.2) is 0 Å². The predicted octanol–water partition coefficient (Wildman–Crippen LogP) is 0.364. The Balaban J connectivity index is 0.000000180. The number of amides is 1. The molecule has 1 saturated heterocycles. The number of rotatable bonds is 2. The molecule has 0 saturated carbocycles. The SMILES string of the molecule is CC(=O)NC1C(C)NC1S(=O)(=O)O.c1cc2cc-2c1. The maximum absolute atomic E-state index is 10.7. The van der Waals surface area contributed by atoms with Crippen LogP contribution in [0.3, 0.4) is 0 Å². The number of fused-ring (bicyclic) bond motifs is 1. The lowest BCUT2D eigenvalue weighted by atomic mass is 10.0. The zero-order valence-electron chi connectivity index (χ0n) is 10.6. The summed E-state index contributed by atoms with van der Waals surface area (Å²) >= 11 is 0. The van der Waals surface area contributed by atoms with E-state index in [0.29, 0.717) is 0 Å². The summed E-state index contributed by atoms with van der Waals surface area (Å²) in [7, 11) is -4.12. The molecule has 0 spiro atoms. The lowest BCUT2D eigenvalue weighted by Gasteiger charge is -2.42. The van der Waals surface area contributed by atoms with E-state index < -0.39 is 21.5 Å². The van der Waals surface area contributed by atoms with Crippen molar-refractivity contribution in [2.75, 3.05) is 0 Å². The summed E-state index contributed by atoms with van der Waals surface area (Å²) in [5, 5.41) is 3.95. The summed E-state index contributed by atoms with van der Waals surface area (Å²) in [6, 6.07) is 7.79. The smallest absolute Gasteiger partial charge is 0.283 e. The van der Waals surface area contributed by atoms with E-state index in [9.17, 15) is 13.2 Å². The highest BCUT2D eigenvalue weighted by Crippen LogP contribution is 2.32. The van der Waals surface area contributed by atoms with Crippen molar-refractivity contribution in [2.45, 2.75) is 31.3 Å². The molecule has 7 heteroatoms. The van der Waals surface area contributed by atoms with Gasteiger partial charge in [0.15, 0.2) is 5.37 Å². The van der Waals surface area contributed by atoms with Gasteiger partial charge in [-0.2, -0.15) is 8.42 Å². The van der Waals surface area contributed by atoms with Gasteiger partial charge in [0, 0.05) is 13.0 Å². The number of carbonyl (C=O) groups is 1. The van der Waals surface area contributed by atoms with Crippen LogP contribution in [0.4, 0.5) is 0 Å². The molecule has 3 aliphatic rings. The minimum atomic E-state index is -4.12. The Bertz CT molecular complexity index is 582. The Morgan fingerprint density at radius 2 is 1.95 bits per heavy atom. The molecule has 0 aromatic heterocycles. The number of carbonyl (C=O) groups excluding carboxylic acids is 1. The molecule has 1 aliphatic heterocycles. The van der Waals surface area contributed by atoms with Crippen molar-refractivity contribution < 1.29 is 17.8 Å². The first-order valence-corrected chi connectivity index (χ1v) is 7.39. The monoisotopic (exact) mass is 284 g/mol. The molecule has 3 N–H and O–H groups in total. The van der Waals surface area contributed by atoms with Gasteiger partial charge in [0.1, 0.15) is 0 Å².